The number of aryl methyl sites for hydroxylation is 1. The normalized spacial score (nSPS) is 14.7. The molecule has 0 atom stereocenters. The predicted molar refractivity (Wildman–Crippen MR) is 131 cm³/mol. The van der Waals surface area contributed by atoms with Gasteiger partial charge in [0, 0.05) is 19.0 Å². The molecule has 35 heavy (non-hydrogen) atoms. The van der Waals surface area contributed by atoms with E-state index in [2.05, 4.69) is 20.6 Å². The summed E-state index contributed by atoms with van der Waals surface area (Å²) in [7, 11) is 0. The molecule has 0 aliphatic carbocycles. The van der Waals surface area contributed by atoms with Crippen LogP contribution in [0.2, 0.25) is 0 Å². The van der Waals surface area contributed by atoms with Gasteiger partial charge in [0.25, 0.3) is 5.91 Å². The Hall–Kier alpha value is -3.69. The number of aromatic nitrogens is 4. The molecule has 0 radical (unpaired) electrons. The van der Waals surface area contributed by atoms with Crippen molar-refractivity contribution in [1.29, 1.82) is 0 Å². The Balaban J connectivity index is 1.40. The Labute approximate surface area is 204 Å². The van der Waals surface area contributed by atoms with Crippen molar-refractivity contribution in [3.63, 3.8) is 0 Å². The molecule has 2 amide bonds. The van der Waals surface area contributed by atoms with E-state index in [1.165, 1.54) is 0 Å². The highest BCUT2D eigenvalue weighted by atomic mass is 16.6. The van der Waals surface area contributed by atoms with Crippen LogP contribution in [0, 0.1) is 6.92 Å². The lowest BCUT2D eigenvalue weighted by molar-refractivity contribution is 0.0204. The number of hydrogen-bond donors (Lipinski definition) is 1. The number of piperidine rings is 1. The van der Waals surface area contributed by atoms with Crippen LogP contribution in [0.4, 0.5) is 10.6 Å². The summed E-state index contributed by atoms with van der Waals surface area (Å²) in [6, 6.07) is 7.28. The van der Waals surface area contributed by atoms with E-state index >= 15 is 0 Å². The molecule has 3 aromatic heterocycles. The summed E-state index contributed by atoms with van der Waals surface area (Å²) >= 11 is 0. The van der Waals surface area contributed by atoms with E-state index in [9.17, 15) is 9.59 Å². The zero-order chi connectivity index (χ0) is 25.2. The molecule has 3 aromatic rings. The minimum Gasteiger partial charge on any atom is -0.491 e. The maximum Gasteiger partial charge on any atom is 0.410 e. The van der Waals surface area contributed by atoms with Gasteiger partial charge in [-0.2, -0.15) is 10.2 Å². The SMILES string of the molecule is CCOc1cn2nc(C)cc2cc1C(=O)Nc1ccc(C2CCN(C(=O)OC(C)(C)C)CC2)nn1. The number of likely N-dealkylation sites (tertiary alicyclic amines) is 1. The lowest BCUT2D eigenvalue weighted by atomic mass is 9.93. The number of hydrogen-bond acceptors (Lipinski definition) is 7. The molecule has 1 aliphatic heterocycles. The molecule has 186 valence electrons. The minimum atomic E-state index is -0.507. The Morgan fingerprint density at radius 1 is 1.14 bits per heavy atom. The predicted octanol–water partition coefficient (Wildman–Crippen LogP) is 4.20. The van der Waals surface area contributed by atoms with Crippen LogP contribution >= 0.6 is 0 Å². The second-order valence-electron chi connectivity index (χ2n) is 9.68. The van der Waals surface area contributed by atoms with Gasteiger partial charge in [-0.1, -0.05) is 0 Å². The number of anilines is 1. The summed E-state index contributed by atoms with van der Waals surface area (Å²) in [5, 5.41) is 15.8. The largest absolute Gasteiger partial charge is 0.491 e. The van der Waals surface area contributed by atoms with Gasteiger partial charge in [-0.15, -0.1) is 5.10 Å². The summed E-state index contributed by atoms with van der Waals surface area (Å²) < 4.78 is 12.8. The summed E-state index contributed by atoms with van der Waals surface area (Å²) in [6.45, 7) is 11.0. The van der Waals surface area contributed by atoms with Gasteiger partial charge < -0.3 is 19.7 Å². The average molecular weight is 481 g/mol. The Morgan fingerprint density at radius 3 is 2.51 bits per heavy atom. The van der Waals surface area contributed by atoms with Crippen LogP contribution < -0.4 is 10.1 Å². The first kappa shape index (κ1) is 24.4. The maximum absolute atomic E-state index is 13.0. The van der Waals surface area contributed by atoms with Crippen LogP contribution in [0.3, 0.4) is 0 Å². The number of carbonyl (C=O) groups excluding carboxylic acids is 2. The number of ether oxygens (including phenoxy) is 2. The third-order valence-corrected chi connectivity index (χ3v) is 5.72. The van der Waals surface area contributed by atoms with Crippen molar-refractivity contribution in [2.24, 2.45) is 0 Å². The van der Waals surface area contributed by atoms with Gasteiger partial charge in [-0.05, 0) is 71.7 Å². The van der Waals surface area contributed by atoms with Crippen molar-refractivity contribution in [1.82, 2.24) is 24.7 Å². The van der Waals surface area contributed by atoms with Gasteiger partial charge in [0.05, 0.1) is 35.3 Å². The number of pyridine rings is 1. The fraction of sp³-hybridized carbons (Fsp3) is 0.480. The van der Waals surface area contributed by atoms with Crippen LogP contribution in [0.1, 0.15) is 68.2 Å². The van der Waals surface area contributed by atoms with E-state index in [-0.39, 0.29) is 17.9 Å². The Bertz CT molecular complexity index is 1210. The van der Waals surface area contributed by atoms with E-state index in [4.69, 9.17) is 9.47 Å². The first-order valence-electron chi connectivity index (χ1n) is 11.9. The number of fused-ring (bicyclic) bond motifs is 1. The van der Waals surface area contributed by atoms with Gasteiger partial charge in [-0.25, -0.2) is 9.31 Å². The molecule has 1 saturated heterocycles. The molecule has 0 unspecified atom stereocenters. The second kappa shape index (κ2) is 9.89. The van der Waals surface area contributed by atoms with Gasteiger partial charge >= 0.3 is 6.09 Å². The summed E-state index contributed by atoms with van der Waals surface area (Å²) in [5.41, 5.74) is 2.39. The van der Waals surface area contributed by atoms with E-state index in [1.807, 2.05) is 46.8 Å². The lowest BCUT2D eigenvalue weighted by Gasteiger charge is -2.33. The zero-order valence-corrected chi connectivity index (χ0v) is 20.9. The van der Waals surface area contributed by atoms with Crippen molar-refractivity contribution in [2.75, 3.05) is 25.0 Å². The standard InChI is InChI=1S/C25H32N6O4/c1-6-34-21-15-31-18(13-16(2)29-31)14-19(21)23(32)26-22-8-7-20(27-28-22)17-9-11-30(12-10-17)24(33)35-25(3,4)5/h7-8,13-15,17H,6,9-12H2,1-5H3,(H,26,28,32). The van der Waals surface area contributed by atoms with Crippen LogP contribution in [0.25, 0.3) is 5.52 Å². The molecule has 10 nitrogen and oxygen atoms in total. The molecule has 0 spiro atoms. The highest BCUT2D eigenvalue weighted by molar-refractivity contribution is 6.06. The topological polar surface area (TPSA) is 111 Å². The van der Waals surface area contributed by atoms with Gasteiger partial charge in [-0.3, -0.25) is 4.79 Å². The number of nitrogens with zero attached hydrogens (tertiary/aromatic N) is 5. The van der Waals surface area contributed by atoms with Crippen molar-refractivity contribution in [3.8, 4) is 5.75 Å². The molecule has 1 fully saturated rings. The van der Waals surface area contributed by atoms with Crippen molar-refractivity contribution < 1.29 is 19.1 Å². The Kier molecular flexibility index (Phi) is 6.90. The van der Waals surface area contributed by atoms with Crippen LogP contribution in [-0.4, -0.2) is 62.0 Å². The maximum atomic E-state index is 13.0. The van der Waals surface area contributed by atoms with Gasteiger partial charge in [0.15, 0.2) is 5.82 Å². The van der Waals surface area contributed by atoms with E-state index in [1.54, 1.807) is 27.7 Å². The molecule has 0 saturated carbocycles. The molecule has 0 bridgehead atoms. The monoisotopic (exact) mass is 480 g/mol. The summed E-state index contributed by atoms with van der Waals surface area (Å²) in [4.78, 5) is 27.0. The number of amides is 2. The zero-order valence-electron chi connectivity index (χ0n) is 20.9. The summed E-state index contributed by atoms with van der Waals surface area (Å²) in [6.07, 6.45) is 2.99. The third kappa shape index (κ3) is 5.87. The molecule has 0 aromatic carbocycles. The van der Waals surface area contributed by atoms with E-state index in [0.29, 0.717) is 36.8 Å². The van der Waals surface area contributed by atoms with Crippen molar-refractivity contribution in [2.45, 2.75) is 59.0 Å². The fourth-order valence-corrected chi connectivity index (χ4v) is 4.09. The van der Waals surface area contributed by atoms with Crippen molar-refractivity contribution >= 4 is 23.3 Å². The first-order valence-corrected chi connectivity index (χ1v) is 11.9. The highest BCUT2D eigenvalue weighted by Crippen LogP contribution is 2.28. The smallest absolute Gasteiger partial charge is 0.410 e. The second-order valence-corrected chi connectivity index (χ2v) is 9.68. The van der Waals surface area contributed by atoms with Crippen LogP contribution in [-0.2, 0) is 4.74 Å². The van der Waals surface area contributed by atoms with Crippen LogP contribution in [0.5, 0.6) is 5.75 Å². The fourth-order valence-electron chi connectivity index (χ4n) is 4.09. The molecular weight excluding hydrogens is 448 g/mol. The molecule has 4 heterocycles. The number of nitrogens with one attached hydrogen (secondary N) is 1. The molecule has 10 heteroatoms. The Morgan fingerprint density at radius 2 is 1.89 bits per heavy atom. The van der Waals surface area contributed by atoms with Gasteiger partial charge in [0.1, 0.15) is 11.4 Å². The van der Waals surface area contributed by atoms with E-state index < -0.39 is 5.60 Å². The van der Waals surface area contributed by atoms with E-state index in [0.717, 1.165) is 29.7 Å². The lowest BCUT2D eigenvalue weighted by Crippen LogP contribution is -2.41. The average Bonchev–Trinajstić information content (AvgIpc) is 3.17. The van der Waals surface area contributed by atoms with Gasteiger partial charge in [0.2, 0.25) is 0 Å². The first-order chi connectivity index (χ1) is 16.6. The van der Waals surface area contributed by atoms with Crippen LogP contribution in [0.15, 0.2) is 30.5 Å². The number of carbonyl (C=O) groups is 2. The number of rotatable bonds is 5. The third-order valence-electron chi connectivity index (χ3n) is 5.72. The minimum absolute atomic E-state index is 0.197. The van der Waals surface area contributed by atoms with Crippen molar-refractivity contribution in [3.05, 3.63) is 47.4 Å². The molecule has 4 rings (SSSR count). The summed E-state index contributed by atoms with van der Waals surface area (Å²) in [5.74, 6) is 0.671. The molecule has 1 N–H and O–H groups in total. The highest BCUT2D eigenvalue weighted by Gasteiger charge is 2.28. The molecule has 1 aliphatic rings. The molecular formula is C25H32N6O4. The quantitative estimate of drug-likeness (QED) is 0.583.